The third-order valence-electron chi connectivity index (χ3n) is 2.46. The first-order valence-electron chi connectivity index (χ1n) is 6.07. The van der Waals surface area contributed by atoms with Crippen LogP contribution in [0.25, 0.3) is 10.4 Å². The van der Waals surface area contributed by atoms with Crippen molar-refractivity contribution in [3.8, 4) is 0 Å². The SMILES string of the molecule is [N-]=[N+]=NCCCCCCOC(=O)c1ccccc1. The van der Waals surface area contributed by atoms with Gasteiger partial charge in [-0.1, -0.05) is 36.2 Å². The van der Waals surface area contributed by atoms with Gasteiger partial charge in [-0.15, -0.1) is 0 Å². The molecule has 0 aliphatic carbocycles. The van der Waals surface area contributed by atoms with E-state index in [1.165, 1.54) is 0 Å². The number of azide groups is 1. The van der Waals surface area contributed by atoms with Crippen LogP contribution < -0.4 is 0 Å². The summed E-state index contributed by atoms with van der Waals surface area (Å²) in [6, 6.07) is 8.96. The maximum atomic E-state index is 11.5. The summed E-state index contributed by atoms with van der Waals surface area (Å²) in [7, 11) is 0. The van der Waals surface area contributed by atoms with Crippen LogP contribution >= 0.6 is 0 Å². The zero-order chi connectivity index (χ0) is 13.1. The lowest BCUT2D eigenvalue weighted by atomic mass is 10.2. The van der Waals surface area contributed by atoms with E-state index in [9.17, 15) is 4.79 Å². The number of ether oxygens (including phenoxy) is 1. The Hall–Kier alpha value is -2.00. The van der Waals surface area contributed by atoms with E-state index in [2.05, 4.69) is 10.0 Å². The molecule has 0 unspecified atom stereocenters. The summed E-state index contributed by atoms with van der Waals surface area (Å²) in [5.74, 6) is -0.273. The van der Waals surface area contributed by atoms with E-state index in [0.29, 0.717) is 18.7 Å². The Kier molecular flexibility index (Phi) is 7.09. The minimum atomic E-state index is -0.273. The molecule has 0 saturated heterocycles. The van der Waals surface area contributed by atoms with Crippen LogP contribution in [0.4, 0.5) is 0 Å². The zero-order valence-electron chi connectivity index (χ0n) is 10.3. The van der Waals surface area contributed by atoms with Gasteiger partial charge >= 0.3 is 5.97 Å². The van der Waals surface area contributed by atoms with Gasteiger partial charge in [-0.3, -0.25) is 0 Å². The van der Waals surface area contributed by atoms with Crippen LogP contribution in [0.1, 0.15) is 36.0 Å². The molecule has 5 nitrogen and oxygen atoms in total. The van der Waals surface area contributed by atoms with Crippen molar-refractivity contribution >= 4 is 5.97 Å². The Morgan fingerprint density at radius 1 is 1.17 bits per heavy atom. The minimum absolute atomic E-state index is 0.273. The molecule has 1 rings (SSSR count). The quantitative estimate of drug-likeness (QED) is 0.231. The number of hydrogen-bond donors (Lipinski definition) is 0. The number of carbonyl (C=O) groups is 1. The first-order chi connectivity index (χ1) is 8.84. The van der Waals surface area contributed by atoms with Gasteiger partial charge in [0.2, 0.25) is 0 Å². The molecule has 0 N–H and O–H groups in total. The van der Waals surface area contributed by atoms with Crippen LogP contribution in [0.5, 0.6) is 0 Å². The molecule has 0 aliphatic rings. The molecule has 0 heterocycles. The summed E-state index contributed by atoms with van der Waals surface area (Å²) < 4.78 is 5.13. The predicted molar refractivity (Wildman–Crippen MR) is 69.2 cm³/mol. The summed E-state index contributed by atoms with van der Waals surface area (Å²) in [6.45, 7) is 0.982. The number of carbonyl (C=O) groups excluding carboxylic acids is 1. The van der Waals surface area contributed by atoms with Crippen molar-refractivity contribution in [2.24, 2.45) is 5.11 Å². The second-order valence-electron chi connectivity index (χ2n) is 3.87. The highest BCUT2D eigenvalue weighted by molar-refractivity contribution is 5.89. The Balaban J connectivity index is 2.04. The first-order valence-corrected chi connectivity index (χ1v) is 6.07. The standard InChI is InChI=1S/C13H17N3O2/c14-16-15-10-6-1-2-7-11-18-13(17)12-8-4-3-5-9-12/h3-5,8-9H,1-2,6-7,10-11H2. The maximum Gasteiger partial charge on any atom is 0.338 e. The van der Waals surface area contributed by atoms with E-state index in [-0.39, 0.29) is 5.97 Å². The van der Waals surface area contributed by atoms with Crippen molar-refractivity contribution in [1.29, 1.82) is 0 Å². The second kappa shape index (κ2) is 9.07. The topological polar surface area (TPSA) is 75.1 Å². The maximum absolute atomic E-state index is 11.5. The minimum Gasteiger partial charge on any atom is -0.462 e. The Labute approximate surface area is 106 Å². The van der Waals surface area contributed by atoms with Gasteiger partial charge < -0.3 is 4.74 Å². The highest BCUT2D eigenvalue weighted by atomic mass is 16.5. The number of hydrogen-bond acceptors (Lipinski definition) is 3. The van der Waals surface area contributed by atoms with Crippen molar-refractivity contribution in [2.75, 3.05) is 13.2 Å². The number of esters is 1. The van der Waals surface area contributed by atoms with Gasteiger partial charge in [0.05, 0.1) is 12.2 Å². The molecule has 0 radical (unpaired) electrons. The molecule has 0 aromatic heterocycles. The van der Waals surface area contributed by atoms with E-state index in [4.69, 9.17) is 10.3 Å². The number of benzene rings is 1. The number of unbranched alkanes of at least 4 members (excludes halogenated alkanes) is 3. The molecule has 0 atom stereocenters. The largest absolute Gasteiger partial charge is 0.462 e. The zero-order valence-corrected chi connectivity index (χ0v) is 10.3. The van der Waals surface area contributed by atoms with Crippen LogP contribution in [0, 0.1) is 0 Å². The first kappa shape index (κ1) is 14.1. The smallest absolute Gasteiger partial charge is 0.338 e. The summed E-state index contributed by atoms with van der Waals surface area (Å²) >= 11 is 0. The van der Waals surface area contributed by atoms with Gasteiger partial charge in [-0.05, 0) is 30.5 Å². The average molecular weight is 247 g/mol. The molecular weight excluding hydrogens is 230 g/mol. The van der Waals surface area contributed by atoms with E-state index < -0.39 is 0 Å². The third-order valence-corrected chi connectivity index (χ3v) is 2.46. The number of rotatable bonds is 8. The average Bonchev–Trinajstić information content (AvgIpc) is 2.42. The monoisotopic (exact) mass is 247 g/mol. The number of nitrogens with zero attached hydrogens (tertiary/aromatic N) is 3. The van der Waals surface area contributed by atoms with Crippen molar-refractivity contribution in [2.45, 2.75) is 25.7 Å². The fourth-order valence-corrected chi connectivity index (χ4v) is 1.51. The summed E-state index contributed by atoms with van der Waals surface area (Å²) in [6.07, 6.45) is 3.69. The molecular formula is C13H17N3O2. The summed E-state index contributed by atoms with van der Waals surface area (Å²) in [4.78, 5) is 14.2. The van der Waals surface area contributed by atoms with Crippen LogP contribution in [0.2, 0.25) is 0 Å². The molecule has 0 fully saturated rings. The van der Waals surface area contributed by atoms with Crippen molar-refractivity contribution < 1.29 is 9.53 Å². The molecule has 0 spiro atoms. The lowest BCUT2D eigenvalue weighted by molar-refractivity contribution is 0.0498. The van der Waals surface area contributed by atoms with Crippen molar-refractivity contribution in [1.82, 2.24) is 0 Å². The fraction of sp³-hybridized carbons (Fsp3) is 0.462. The molecule has 1 aromatic rings. The second-order valence-corrected chi connectivity index (χ2v) is 3.87. The van der Waals surface area contributed by atoms with Gasteiger partial charge in [0.1, 0.15) is 0 Å². The highest BCUT2D eigenvalue weighted by Crippen LogP contribution is 2.04. The predicted octanol–water partition coefficient (Wildman–Crippen LogP) is 3.71. The molecule has 0 aliphatic heterocycles. The molecule has 1 aromatic carbocycles. The van der Waals surface area contributed by atoms with Crippen LogP contribution in [0.15, 0.2) is 35.4 Å². The van der Waals surface area contributed by atoms with Crippen molar-refractivity contribution in [3.63, 3.8) is 0 Å². The lowest BCUT2D eigenvalue weighted by Gasteiger charge is -2.04. The molecule has 18 heavy (non-hydrogen) atoms. The lowest BCUT2D eigenvalue weighted by Crippen LogP contribution is -2.06. The fourth-order valence-electron chi connectivity index (χ4n) is 1.51. The van der Waals surface area contributed by atoms with Gasteiger partial charge in [0, 0.05) is 11.5 Å². The summed E-state index contributed by atoms with van der Waals surface area (Å²) in [5, 5.41) is 3.45. The Morgan fingerprint density at radius 3 is 2.61 bits per heavy atom. The summed E-state index contributed by atoms with van der Waals surface area (Å²) in [5.41, 5.74) is 8.66. The Morgan fingerprint density at radius 2 is 1.89 bits per heavy atom. The van der Waals surface area contributed by atoms with Crippen LogP contribution in [-0.4, -0.2) is 19.1 Å². The molecule has 0 bridgehead atoms. The van der Waals surface area contributed by atoms with Gasteiger partial charge in [0.15, 0.2) is 0 Å². The molecule has 0 saturated carbocycles. The van der Waals surface area contributed by atoms with Crippen LogP contribution in [0.3, 0.4) is 0 Å². The Bertz CT molecular complexity index is 400. The van der Waals surface area contributed by atoms with Gasteiger partial charge in [-0.25, -0.2) is 4.79 Å². The highest BCUT2D eigenvalue weighted by Gasteiger charge is 2.04. The van der Waals surface area contributed by atoms with E-state index in [0.717, 1.165) is 25.7 Å². The van der Waals surface area contributed by atoms with E-state index in [1.54, 1.807) is 12.1 Å². The van der Waals surface area contributed by atoms with E-state index in [1.807, 2.05) is 18.2 Å². The third kappa shape index (κ3) is 5.92. The molecule has 5 heteroatoms. The molecule has 96 valence electrons. The van der Waals surface area contributed by atoms with Crippen molar-refractivity contribution in [3.05, 3.63) is 46.3 Å². The van der Waals surface area contributed by atoms with Gasteiger partial charge in [-0.2, -0.15) is 0 Å². The molecule has 0 amide bonds. The normalized spacial score (nSPS) is 9.56. The van der Waals surface area contributed by atoms with Gasteiger partial charge in [0.25, 0.3) is 0 Å². The van der Waals surface area contributed by atoms with Crippen LogP contribution in [-0.2, 0) is 4.74 Å². The van der Waals surface area contributed by atoms with E-state index >= 15 is 0 Å².